The van der Waals surface area contributed by atoms with Crippen LogP contribution in [0.2, 0.25) is 0 Å². The molecular formula is C17H23FN2O3S. The van der Waals surface area contributed by atoms with Crippen LogP contribution in [0.15, 0.2) is 18.2 Å². The molecule has 2 saturated heterocycles. The number of urea groups is 1. The van der Waals surface area contributed by atoms with E-state index in [4.69, 9.17) is 0 Å². The highest BCUT2D eigenvalue weighted by Crippen LogP contribution is 2.40. The second-order valence-electron chi connectivity index (χ2n) is 6.96. The third kappa shape index (κ3) is 3.55. The van der Waals surface area contributed by atoms with Gasteiger partial charge in [-0.2, -0.15) is 0 Å². The van der Waals surface area contributed by atoms with E-state index >= 15 is 0 Å². The van der Waals surface area contributed by atoms with Crippen LogP contribution in [0, 0.1) is 11.2 Å². The summed E-state index contributed by atoms with van der Waals surface area (Å²) in [5.74, 6) is 0.0581. The Bertz CT molecular complexity index is 750. The maximum atomic E-state index is 13.8. The molecule has 2 amide bonds. The molecule has 0 aliphatic carbocycles. The molecule has 2 aliphatic heterocycles. The van der Waals surface area contributed by atoms with Crippen molar-refractivity contribution in [3.8, 4) is 0 Å². The smallest absolute Gasteiger partial charge is 0.321 e. The lowest BCUT2D eigenvalue weighted by atomic mass is 9.80. The van der Waals surface area contributed by atoms with Crippen LogP contribution in [0.3, 0.4) is 0 Å². The summed E-state index contributed by atoms with van der Waals surface area (Å²) < 4.78 is 37.5. The summed E-state index contributed by atoms with van der Waals surface area (Å²) in [6.07, 6.45) is 2.87. The number of nitrogens with zero attached hydrogens (tertiary/aromatic N) is 1. The minimum atomic E-state index is -2.98. The van der Waals surface area contributed by atoms with Gasteiger partial charge in [-0.15, -0.1) is 0 Å². The topological polar surface area (TPSA) is 66.5 Å². The van der Waals surface area contributed by atoms with Crippen LogP contribution in [0.1, 0.15) is 31.7 Å². The molecule has 0 radical (unpaired) electrons. The number of halogens is 1. The van der Waals surface area contributed by atoms with Crippen LogP contribution in [0.4, 0.5) is 14.9 Å². The van der Waals surface area contributed by atoms with Gasteiger partial charge in [0, 0.05) is 24.2 Å². The van der Waals surface area contributed by atoms with Crippen molar-refractivity contribution in [2.75, 3.05) is 29.9 Å². The molecule has 5 nitrogen and oxygen atoms in total. The summed E-state index contributed by atoms with van der Waals surface area (Å²) >= 11 is 0. The normalized spacial score (nSPS) is 25.8. The molecule has 0 bridgehead atoms. The first-order chi connectivity index (χ1) is 11.3. The van der Waals surface area contributed by atoms with E-state index < -0.39 is 9.84 Å². The van der Waals surface area contributed by atoms with E-state index in [0.717, 1.165) is 12.8 Å². The van der Waals surface area contributed by atoms with Gasteiger partial charge in [0.1, 0.15) is 5.82 Å². The lowest BCUT2D eigenvalue weighted by Gasteiger charge is -2.39. The van der Waals surface area contributed by atoms with Gasteiger partial charge in [-0.05, 0) is 43.4 Å². The standard InChI is InChI=1S/C17H23FN2O3S/c1-2-13-4-5-14(10-15(13)18)19-16(21)20-8-3-6-17(11-20)7-9-24(22,23)12-17/h4-5,10H,2-3,6-9,11-12H2,1H3,(H,19,21). The Morgan fingerprint density at radius 2 is 2.17 bits per heavy atom. The Kier molecular flexibility index (Phi) is 4.55. The Morgan fingerprint density at radius 3 is 2.79 bits per heavy atom. The maximum Gasteiger partial charge on any atom is 0.321 e. The summed E-state index contributed by atoms with van der Waals surface area (Å²) in [5.41, 5.74) is 0.737. The largest absolute Gasteiger partial charge is 0.324 e. The van der Waals surface area contributed by atoms with Crippen molar-refractivity contribution < 1.29 is 17.6 Å². The molecule has 0 aromatic heterocycles. The lowest BCUT2D eigenvalue weighted by Crippen LogP contribution is -2.48. The van der Waals surface area contributed by atoms with Crippen molar-refractivity contribution in [1.82, 2.24) is 4.90 Å². The molecule has 1 aromatic carbocycles. The predicted molar refractivity (Wildman–Crippen MR) is 91.3 cm³/mol. The van der Waals surface area contributed by atoms with Crippen LogP contribution in [0.5, 0.6) is 0 Å². The van der Waals surface area contributed by atoms with E-state index in [1.54, 1.807) is 17.0 Å². The fourth-order valence-corrected chi connectivity index (χ4v) is 6.00. The van der Waals surface area contributed by atoms with E-state index in [2.05, 4.69) is 5.32 Å². The molecule has 3 rings (SSSR count). The van der Waals surface area contributed by atoms with Crippen molar-refractivity contribution in [2.24, 2.45) is 5.41 Å². The first-order valence-corrected chi connectivity index (χ1v) is 10.2. The molecule has 2 fully saturated rings. The highest BCUT2D eigenvalue weighted by molar-refractivity contribution is 7.91. The fraction of sp³-hybridized carbons (Fsp3) is 0.588. The van der Waals surface area contributed by atoms with Crippen molar-refractivity contribution in [3.05, 3.63) is 29.6 Å². The second-order valence-corrected chi connectivity index (χ2v) is 9.14. The van der Waals surface area contributed by atoms with Gasteiger partial charge in [-0.25, -0.2) is 17.6 Å². The molecule has 2 aliphatic rings. The molecule has 1 spiro atoms. The van der Waals surface area contributed by atoms with Gasteiger partial charge in [-0.1, -0.05) is 13.0 Å². The van der Waals surface area contributed by atoms with Crippen molar-refractivity contribution in [3.63, 3.8) is 0 Å². The summed E-state index contributed by atoms with van der Waals surface area (Å²) in [7, 11) is -2.98. The zero-order valence-electron chi connectivity index (χ0n) is 13.8. The zero-order chi connectivity index (χ0) is 17.4. The van der Waals surface area contributed by atoms with Gasteiger partial charge in [0.2, 0.25) is 0 Å². The molecular weight excluding hydrogens is 331 g/mol. The Labute approximate surface area is 142 Å². The first-order valence-electron chi connectivity index (χ1n) is 8.37. The second kappa shape index (κ2) is 6.35. The minimum Gasteiger partial charge on any atom is -0.324 e. The van der Waals surface area contributed by atoms with Gasteiger partial charge in [0.05, 0.1) is 11.5 Å². The van der Waals surface area contributed by atoms with Crippen LogP contribution in [0.25, 0.3) is 0 Å². The molecule has 1 unspecified atom stereocenters. The number of benzene rings is 1. The van der Waals surface area contributed by atoms with Gasteiger partial charge in [0.25, 0.3) is 0 Å². The molecule has 1 aromatic rings. The number of sulfone groups is 1. The molecule has 1 atom stereocenters. The number of aryl methyl sites for hydroxylation is 1. The summed E-state index contributed by atoms with van der Waals surface area (Å²) in [4.78, 5) is 14.1. The Balaban J connectivity index is 1.68. The molecule has 7 heteroatoms. The summed E-state index contributed by atoms with van der Waals surface area (Å²) in [6.45, 7) is 2.93. The number of amides is 2. The number of carbonyl (C=O) groups excluding carboxylic acids is 1. The average Bonchev–Trinajstić information content (AvgIpc) is 2.82. The number of carbonyl (C=O) groups is 1. The lowest BCUT2D eigenvalue weighted by molar-refractivity contribution is 0.130. The minimum absolute atomic E-state index is 0.170. The SMILES string of the molecule is CCc1ccc(NC(=O)N2CCCC3(CCS(=O)(=O)C3)C2)cc1F. The highest BCUT2D eigenvalue weighted by Gasteiger charge is 2.45. The van der Waals surface area contributed by atoms with Crippen molar-refractivity contribution >= 4 is 21.6 Å². The van der Waals surface area contributed by atoms with Crippen LogP contribution in [-0.2, 0) is 16.3 Å². The number of piperidine rings is 1. The third-order valence-corrected chi connectivity index (χ3v) is 6.98. The molecule has 24 heavy (non-hydrogen) atoms. The number of rotatable bonds is 2. The fourth-order valence-electron chi connectivity index (χ4n) is 3.80. The number of hydrogen-bond donors (Lipinski definition) is 1. The monoisotopic (exact) mass is 354 g/mol. The molecule has 0 saturated carbocycles. The number of anilines is 1. The number of likely N-dealkylation sites (tertiary alicyclic amines) is 1. The Hall–Kier alpha value is -1.63. The van der Waals surface area contributed by atoms with Crippen LogP contribution in [-0.4, -0.2) is 43.9 Å². The van der Waals surface area contributed by atoms with Gasteiger partial charge in [-0.3, -0.25) is 0 Å². The van der Waals surface area contributed by atoms with E-state index in [9.17, 15) is 17.6 Å². The number of nitrogens with one attached hydrogen (secondary N) is 1. The van der Waals surface area contributed by atoms with E-state index in [1.807, 2.05) is 6.92 Å². The van der Waals surface area contributed by atoms with E-state index in [-0.39, 0.29) is 28.8 Å². The van der Waals surface area contributed by atoms with E-state index in [1.165, 1.54) is 6.07 Å². The third-order valence-electron chi connectivity index (χ3n) is 5.10. The molecule has 1 N–H and O–H groups in total. The number of hydrogen-bond acceptors (Lipinski definition) is 3. The van der Waals surface area contributed by atoms with Gasteiger partial charge in [0.15, 0.2) is 9.84 Å². The van der Waals surface area contributed by atoms with Crippen molar-refractivity contribution in [2.45, 2.75) is 32.6 Å². The maximum absolute atomic E-state index is 13.8. The quantitative estimate of drug-likeness (QED) is 0.888. The molecule has 132 valence electrons. The van der Waals surface area contributed by atoms with E-state index in [0.29, 0.717) is 37.2 Å². The highest BCUT2D eigenvalue weighted by atomic mass is 32.2. The van der Waals surface area contributed by atoms with Crippen LogP contribution >= 0.6 is 0 Å². The van der Waals surface area contributed by atoms with Gasteiger partial charge >= 0.3 is 6.03 Å². The Morgan fingerprint density at radius 1 is 1.38 bits per heavy atom. The zero-order valence-corrected chi connectivity index (χ0v) is 14.7. The summed E-state index contributed by atoms with van der Waals surface area (Å²) in [6, 6.07) is 4.41. The average molecular weight is 354 g/mol. The van der Waals surface area contributed by atoms with Gasteiger partial charge < -0.3 is 10.2 Å². The molecule has 2 heterocycles. The first kappa shape index (κ1) is 17.2. The predicted octanol–water partition coefficient (Wildman–Crippen LogP) is 2.82. The summed E-state index contributed by atoms with van der Waals surface area (Å²) in [5, 5.41) is 2.73. The van der Waals surface area contributed by atoms with Crippen molar-refractivity contribution in [1.29, 1.82) is 0 Å². The van der Waals surface area contributed by atoms with Crippen LogP contribution < -0.4 is 5.32 Å².